The Labute approximate surface area is 140 Å². The molecule has 2 aromatic carbocycles. The number of carbonyl (C=O) groups is 2. The number of fused-ring (bicyclic) bond motifs is 1. The number of hydrogen-bond donors (Lipinski definition) is 0. The molecule has 2 amide bonds. The molecule has 0 bridgehead atoms. The predicted molar refractivity (Wildman–Crippen MR) is 82.8 cm³/mol. The van der Waals surface area contributed by atoms with E-state index in [4.69, 9.17) is 0 Å². The number of amides is 2. The summed E-state index contributed by atoms with van der Waals surface area (Å²) >= 11 is 0. The fraction of sp³-hybridized carbons (Fsp3) is 0.222. The lowest BCUT2D eigenvalue weighted by molar-refractivity contribution is 0.0923. The van der Waals surface area contributed by atoms with Gasteiger partial charge in [-0.15, -0.1) is 0 Å². The van der Waals surface area contributed by atoms with Crippen molar-refractivity contribution in [3.8, 4) is 0 Å². The second-order valence-electron chi connectivity index (χ2n) is 6.06. The van der Waals surface area contributed by atoms with Gasteiger partial charge in [0.25, 0.3) is 11.8 Å². The van der Waals surface area contributed by atoms with Crippen molar-refractivity contribution in [1.29, 1.82) is 0 Å². The van der Waals surface area contributed by atoms with Gasteiger partial charge in [0.15, 0.2) is 23.3 Å². The Morgan fingerprint density at radius 1 is 0.680 bits per heavy atom. The number of anilines is 1. The number of nitrogens with zero attached hydrogens (tertiary/aromatic N) is 1. The fourth-order valence-corrected chi connectivity index (χ4v) is 3.08. The molecule has 0 fully saturated rings. The first kappa shape index (κ1) is 17.1. The highest BCUT2D eigenvalue weighted by Crippen LogP contribution is 2.38. The molecule has 0 N–H and O–H groups in total. The SMILES string of the molecule is Cc1cc(C)c(C)c(N2C(=O)c3c(F)c(F)c(F)c(F)c3C2=O)c1C. The van der Waals surface area contributed by atoms with Crippen molar-refractivity contribution in [3.63, 3.8) is 0 Å². The molecule has 0 saturated carbocycles. The zero-order valence-electron chi connectivity index (χ0n) is 13.9. The minimum Gasteiger partial charge on any atom is -0.268 e. The molecule has 0 spiro atoms. The molecule has 7 heteroatoms. The highest BCUT2D eigenvalue weighted by molar-refractivity contribution is 6.35. The minimum atomic E-state index is -2.12. The van der Waals surface area contributed by atoms with E-state index in [-0.39, 0.29) is 5.69 Å². The van der Waals surface area contributed by atoms with Crippen molar-refractivity contribution in [1.82, 2.24) is 0 Å². The van der Waals surface area contributed by atoms with Crippen LogP contribution in [0.5, 0.6) is 0 Å². The van der Waals surface area contributed by atoms with E-state index < -0.39 is 46.2 Å². The van der Waals surface area contributed by atoms with E-state index in [0.717, 1.165) is 11.1 Å². The van der Waals surface area contributed by atoms with E-state index in [2.05, 4.69) is 0 Å². The van der Waals surface area contributed by atoms with Crippen molar-refractivity contribution in [2.75, 3.05) is 4.90 Å². The monoisotopic (exact) mass is 351 g/mol. The zero-order valence-corrected chi connectivity index (χ0v) is 13.9. The van der Waals surface area contributed by atoms with E-state index >= 15 is 0 Å². The lowest BCUT2D eigenvalue weighted by Crippen LogP contribution is -2.31. The summed E-state index contributed by atoms with van der Waals surface area (Å²) < 4.78 is 55.1. The van der Waals surface area contributed by atoms with Gasteiger partial charge in [0, 0.05) is 0 Å². The van der Waals surface area contributed by atoms with E-state index in [9.17, 15) is 27.2 Å². The van der Waals surface area contributed by atoms with E-state index in [1.165, 1.54) is 0 Å². The number of hydrogen-bond acceptors (Lipinski definition) is 2. The van der Waals surface area contributed by atoms with E-state index in [0.29, 0.717) is 16.0 Å². The summed E-state index contributed by atoms with van der Waals surface area (Å²) in [4.78, 5) is 25.7. The molecule has 1 aliphatic rings. The van der Waals surface area contributed by atoms with Crippen LogP contribution < -0.4 is 4.90 Å². The van der Waals surface area contributed by atoms with Crippen LogP contribution >= 0.6 is 0 Å². The zero-order chi connectivity index (χ0) is 18.8. The quantitative estimate of drug-likeness (QED) is 0.333. The third-order valence-corrected chi connectivity index (χ3v) is 4.65. The maximum atomic E-state index is 14.0. The summed E-state index contributed by atoms with van der Waals surface area (Å²) in [5.41, 5.74) is 0.627. The molecule has 0 aromatic heterocycles. The summed E-state index contributed by atoms with van der Waals surface area (Å²) in [7, 11) is 0. The summed E-state index contributed by atoms with van der Waals surface area (Å²) in [6.45, 7) is 6.80. The van der Waals surface area contributed by atoms with Gasteiger partial charge in [0.05, 0.1) is 16.8 Å². The Morgan fingerprint density at radius 2 is 1.04 bits per heavy atom. The van der Waals surface area contributed by atoms with Crippen LogP contribution in [0.4, 0.5) is 23.2 Å². The molecule has 0 unspecified atom stereocenters. The molecule has 0 radical (unpaired) electrons. The molecule has 1 heterocycles. The van der Waals surface area contributed by atoms with E-state index in [1.54, 1.807) is 27.7 Å². The highest BCUT2D eigenvalue weighted by Gasteiger charge is 2.45. The highest BCUT2D eigenvalue weighted by atomic mass is 19.2. The van der Waals surface area contributed by atoms with Gasteiger partial charge in [-0.1, -0.05) is 6.07 Å². The second-order valence-corrected chi connectivity index (χ2v) is 6.06. The third kappa shape index (κ3) is 2.11. The Hall–Kier alpha value is -2.70. The van der Waals surface area contributed by atoms with Crippen molar-refractivity contribution in [3.05, 3.63) is 62.7 Å². The molecule has 0 saturated heterocycles. The van der Waals surface area contributed by atoms with Crippen molar-refractivity contribution >= 4 is 17.5 Å². The van der Waals surface area contributed by atoms with Gasteiger partial charge >= 0.3 is 0 Å². The average molecular weight is 351 g/mol. The minimum absolute atomic E-state index is 0.170. The molecule has 1 aliphatic heterocycles. The molecule has 3 nitrogen and oxygen atoms in total. The maximum Gasteiger partial charge on any atom is 0.269 e. The van der Waals surface area contributed by atoms with Gasteiger partial charge in [-0.05, 0) is 49.9 Å². The second kappa shape index (κ2) is 5.40. The first-order valence-electron chi connectivity index (χ1n) is 7.41. The summed E-state index contributed by atoms with van der Waals surface area (Å²) in [5, 5.41) is 0. The van der Waals surface area contributed by atoms with Crippen LogP contribution in [-0.4, -0.2) is 11.8 Å². The standard InChI is InChI=1S/C18H13F4NO2/c1-6-5-7(2)9(4)16(8(6)3)23-17(24)10-11(18(23)25)13(20)15(22)14(21)12(10)19/h5H,1-4H3. The van der Waals surface area contributed by atoms with Crippen LogP contribution in [0.15, 0.2) is 6.07 Å². The number of aryl methyl sites for hydroxylation is 2. The van der Waals surface area contributed by atoms with Gasteiger partial charge in [0.2, 0.25) is 0 Å². The van der Waals surface area contributed by atoms with Gasteiger partial charge in [0.1, 0.15) is 0 Å². The van der Waals surface area contributed by atoms with Crippen molar-refractivity contribution in [2.24, 2.45) is 0 Å². The number of benzene rings is 2. The van der Waals surface area contributed by atoms with Crippen LogP contribution in [0.1, 0.15) is 43.0 Å². The first-order valence-corrected chi connectivity index (χ1v) is 7.41. The van der Waals surface area contributed by atoms with Crippen LogP contribution in [-0.2, 0) is 0 Å². The Morgan fingerprint density at radius 3 is 1.40 bits per heavy atom. The number of halogens is 4. The third-order valence-electron chi connectivity index (χ3n) is 4.65. The largest absolute Gasteiger partial charge is 0.269 e. The number of imide groups is 1. The number of rotatable bonds is 1. The van der Waals surface area contributed by atoms with Crippen LogP contribution in [0, 0.1) is 51.0 Å². The van der Waals surface area contributed by atoms with Crippen LogP contribution in [0.25, 0.3) is 0 Å². The summed E-state index contributed by atoms with van der Waals surface area (Å²) in [5.74, 6) is -10.4. The fourth-order valence-electron chi connectivity index (χ4n) is 3.08. The lowest BCUT2D eigenvalue weighted by Gasteiger charge is -2.22. The molecule has 2 aromatic rings. The van der Waals surface area contributed by atoms with Crippen LogP contribution in [0.2, 0.25) is 0 Å². The molecular formula is C18H13F4NO2. The molecule has 3 rings (SSSR count). The molecule has 25 heavy (non-hydrogen) atoms. The number of carbonyl (C=O) groups excluding carboxylic acids is 2. The first-order chi connectivity index (χ1) is 11.6. The molecule has 0 aliphatic carbocycles. The summed E-state index contributed by atoms with van der Waals surface area (Å²) in [6.07, 6.45) is 0. The van der Waals surface area contributed by atoms with Gasteiger partial charge in [-0.25, -0.2) is 22.5 Å². The Bertz CT molecular complexity index is 909. The van der Waals surface area contributed by atoms with Gasteiger partial charge in [-0.2, -0.15) is 0 Å². The molecule has 130 valence electrons. The smallest absolute Gasteiger partial charge is 0.268 e. The average Bonchev–Trinajstić information content (AvgIpc) is 2.81. The van der Waals surface area contributed by atoms with Crippen molar-refractivity contribution in [2.45, 2.75) is 27.7 Å². The Balaban J connectivity index is 2.35. The summed E-state index contributed by atoms with van der Waals surface area (Å²) in [6, 6.07) is 1.84. The van der Waals surface area contributed by atoms with Crippen molar-refractivity contribution < 1.29 is 27.2 Å². The lowest BCUT2D eigenvalue weighted by atomic mass is 9.98. The van der Waals surface area contributed by atoms with Gasteiger partial charge in [-0.3, -0.25) is 9.59 Å². The Kier molecular flexibility index (Phi) is 3.70. The predicted octanol–water partition coefficient (Wildman–Crippen LogP) is 4.28. The normalized spacial score (nSPS) is 13.7. The maximum absolute atomic E-state index is 14.0. The van der Waals surface area contributed by atoms with Crippen LogP contribution in [0.3, 0.4) is 0 Å². The molecular weight excluding hydrogens is 338 g/mol. The van der Waals surface area contributed by atoms with Gasteiger partial charge < -0.3 is 0 Å². The topological polar surface area (TPSA) is 37.4 Å². The van der Waals surface area contributed by atoms with E-state index in [1.807, 2.05) is 6.07 Å². The molecule has 0 atom stereocenters.